The molecule has 2 unspecified atom stereocenters. The van der Waals surface area contributed by atoms with Gasteiger partial charge in [0.25, 0.3) is 0 Å². The highest BCUT2D eigenvalue weighted by molar-refractivity contribution is 6.33. The van der Waals surface area contributed by atoms with Crippen molar-refractivity contribution in [1.82, 2.24) is 5.32 Å². The number of methoxy groups -OCH3 is 1. The number of ether oxygens (including phenoxy) is 1. The Labute approximate surface area is 120 Å². The first-order chi connectivity index (χ1) is 9.15. The molecule has 0 amide bonds. The predicted molar refractivity (Wildman–Crippen MR) is 81.1 cm³/mol. The molecule has 2 atom stereocenters. The van der Waals surface area contributed by atoms with E-state index < -0.39 is 0 Å². The van der Waals surface area contributed by atoms with E-state index in [4.69, 9.17) is 16.3 Å². The van der Waals surface area contributed by atoms with Crippen LogP contribution < -0.4 is 10.2 Å². The van der Waals surface area contributed by atoms with E-state index in [1.165, 1.54) is 12.0 Å². The summed E-state index contributed by atoms with van der Waals surface area (Å²) in [6.07, 6.45) is 1.18. The maximum absolute atomic E-state index is 6.43. The standard InChI is InChI=1S/C15H23ClN2O/c1-11(17-2)13-4-5-15(14(16)8-13)18-7-6-12(9-18)10-19-3/h4-5,8,11-12,17H,6-7,9-10H2,1-3H3. The lowest BCUT2D eigenvalue weighted by Gasteiger charge is -2.21. The van der Waals surface area contributed by atoms with Crippen molar-refractivity contribution < 1.29 is 4.74 Å². The van der Waals surface area contributed by atoms with Crippen molar-refractivity contribution in [3.8, 4) is 0 Å². The molecule has 0 aliphatic carbocycles. The van der Waals surface area contributed by atoms with Crippen LogP contribution in [0.3, 0.4) is 0 Å². The molecule has 0 bridgehead atoms. The topological polar surface area (TPSA) is 24.5 Å². The molecule has 0 saturated carbocycles. The first-order valence-corrected chi connectivity index (χ1v) is 7.24. The van der Waals surface area contributed by atoms with E-state index in [1.54, 1.807) is 7.11 Å². The summed E-state index contributed by atoms with van der Waals surface area (Å²) in [5.74, 6) is 0.622. The molecule has 106 valence electrons. The molecule has 1 fully saturated rings. The van der Waals surface area contributed by atoms with Crippen molar-refractivity contribution in [2.24, 2.45) is 5.92 Å². The fourth-order valence-electron chi connectivity index (χ4n) is 2.64. The van der Waals surface area contributed by atoms with E-state index >= 15 is 0 Å². The van der Waals surface area contributed by atoms with Crippen molar-refractivity contribution in [2.45, 2.75) is 19.4 Å². The Kier molecular flexibility index (Phi) is 5.08. The van der Waals surface area contributed by atoms with E-state index in [1.807, 2.05) is 7.05 Å². The smallest absolute Gasteiger partial charge is 0.0642 e. The number of hydrogen-bond donors (Lipinski definition) is 1. The first kappa shape index (κ1) is 14.6. The number of nitrogens with zero attached hydrogens (tertiary/aromatic N) is 1. The first-order valence-electron chi connectivity index (χ1n) is 6.86. The summed E-state index contributed by atoms with van der Waals surface area (Å²) < 4.78 is 5.24. The number of benzene rings is 1. The highest BCUT2D eigenvalue weighted by Crippen LogP contribution is 2.32. The number of nitrogens with one attached hydrogen (secondary N) is 1. The van der Waals surface area contributed by atoms with Crippen LogP contribution in [0.1, 0.15) is 24.9 Å². The van der Waals surface area contributed by atoms with Crippen molar-refractivity contribution in [3.05, 3.63) is 28.8 Å². The molecule has 3 nitrogen and oxygen atoms in total. The summed E-state index contributed by atoms with van der Waals surface area (Å²) in [6, 6.07) is 6.69. The molecule has 2 rings (SSSR count). The van der Waals surface area contributed by atoms with Crippen molar-refractivity contribution in [3.63, 3.8) is 0 Å². The monoisotopic (exact) mass is 282 g/mol. The average molecular weight is 283 g/mol. The van der Waals surface area contributed by atoms with Crippen LogP contribution in [0, 0.1) is 5.92 Å². The molecule has 1 aliphatic heterocycles. The summed E-state index contributed by atoms with van der Waals surface area (Å²) >= 11 is 6.43. The molecular formula is C15H23ClN2O. The van der Waals surface area contributed by atoms with Gasteiger partial charge in [0.05, 0.1) is 17.3 Å². The summed E-state index contributed by atoms with van der Waals surface area (Å²) in [7, 11) is 3.73. The Morgan fingerprint density at radius 2 is 2.32 bits per heavy atom. The summed E-state index contributed by atoms with van der Waals surface area (Å²) in [6.45, 7) is 5.07. The summed E-state index contributed by atoms with van der Waals surface area (Å²) in [5.41, 5.74) is 2.37. The Morgan fingerprint density at radius 3 is 2.95 bits per heavy atom. The van der Waals surface area contributed by atoms with E-state index in [-0.39, 0.29) is 0 Å². The van der Waals surface area contributed by atoms with Gasteiger partial charge in [0.15, 0.2) is 0 Å². The second kappa shape index (κ2) is 6.60. The van der Waals surface area contributed by atoms with Gasteiger partial charge in [-0.1, -0.05) is 17.7 Å². The van der Waals surface area contributed by atoms with Gasteiger partial charge in [0.2, 0.25) is 0 Å². The molecular weight excluding hydrogens is 260 g/mol. The lowest BCUT2D eigenvalue weighted by Crippen LogP contribution is -2.21. The summed E-state index contributed by atoms with van der Waals surface area (Å²) in [5, 5.41) is 4.08. The second-order valence-corrected chi connectivity index (χ2v) is 5.68. The van der Waals surface area contributed by atoms with Crippen LogP contribution in [0.5, 0.6) is 0 Å². The van der Waals surface area contributed by atoms with Crippen LogP contribution in [0.15, 0.2) is 18.2 Å². The van der Waals surface area contributed by atoms with Gasteiger partial charge >= 0.3 is 0 Å². The van der Waals surface area contributed by atoms with Crippen LogP contribution >= 0.6 is 11.6 Å². The third kappa shape index (κ3) is 3.41. The molecule has 1 saturated heterocycles. The molecule has 0 radical (unpaired) electrons. The van der Waals surface area contributed by atoms with E-state index in [9.17, 15) is 0 Å². The van der Waals surface area contributed by atoms with Gasteiger partial charge in [-0.3, -0.25) is 0 Å². The third-order valence-corrected chi connectivity index (χ3v) is 4.24. The minimum absolute atomic E-state index is 0.325. The molecule has 1 aliphatic rings. The molecule has 1 aromatic rings. The molecule has 19 heavy (non-hydrogen) atoms. The number of hydrogen-bond acceptors (Lipinski definition) is 3. The van der Waals surface area contributed by atoms with Crippen molar-refractivity contribution in [2.75, 3.05) is 38.8 Å². The Bertz CT molecular complexity index is 425. The van der Waals surface area contributed by atoms with Gasteiger partial charge < -0.3 is 15.0 Å². The van der Waals surface area contributed by atoms with Gasteiger partial charge in [0, 0.05) is 32.2 Å². The number of rotatable bonds is 5. The molecule has 0 aromatic heterocycles. The molecule has 0 spiro atoms. The quantitative estimate of drug-likeness (QED) is 0.898. The number of halogens is 1. The minimum Gasteiger partial charge on any atom is -0.384 e. The maximum Gasteiger partial charge on any atom is 0.0642 e. The van der Waals surface area contributed by atoms with Crippen molar-refractivity contribution in [1.29, 1.82) is 0 Å². The normalized spacial score (nSPS) is 20.8. The Morgan fingerprint density at radius 1 is 1.53 bits per heavy atom. The lowest BCUT2D eigenvalue weighted by atomic mass is 10.1. The highest BCUT2D eigenvalue weighted by Gasteiger charge is 2.24. The van der Waals surface area contributed by atoms with Gasteiger partial charge in [-0.05, 0) is 38.1 Å². The lowest BCUT2D eigenvalue weighted by molar-refractivity contribution is 0.161. The SMILES string of the molecule is CNC(C)c1ccc(N2CCC(COC)C2)c(Cl)c1. The van der Waals surface area contributed by atoms with Gasteiger partial charge in [-0.2, -0.15) is 0 Å². The maximum atomic E-state index is 6.43. The fraction of sp³-hybridized carbons (Fsp3) is 0.600. The fourth-order valence-corrected chi connectivity index (χ4v) is 2.95. The van der Waals surface area contributed by atoms with Crippen LogP contribution in [0.2, 0.25) is 5.02 Å². The highest BCUT2D eigenvalue weighted by atomic mass is 35.5. The largest absolute Gasteiger partial charge is 0.384 e. The van der Waals surface area contributed by atoms with E-state index in [0.29, 0.717) is 12.0 Å². The van der Waals surface area contributed by atoms with Gasteiger partial charge in [-0.15, -0.1) is 0 Å². The van der Waals surface area contributed by atoms with E-state index in [2.05, 4.69) is 35.3 Å². The molecule has 4 heteroatoms. The van der Waals surface area contributed by atoms with Crippen LogP contribution in [0.25, 0.3) is 0 Å². The molecule has 1 N–H and O–H groups in total. The van der Waals surface area contributed by atoms with Crippen LogP contribution in [-0.2, 0) is 4.74 Å². The Balaban J connectivity index is 2.09. The zero-order chi connectivity index (χ0) is 13.8. The van der Waals surface area contributed by atoms with Crippen LogP contribution in [0.4, 0.5) is 5.69 Å². The van der Waals surface area contributed by atoms with Crippen molar-refractivity contribution >= 4 is 17.3 Å². The zero-order valence-corrected chi connectivity index (χ0v) is 12.7. The van der Waals surface area contributed by atoms with Crippen LogP contribution in [-0.4, -0.2) is 33.9 Å². The molecule has 1 aromatic carbocycles. The predicted octanol–water partition coefficient (Wildman–Crippen LogP) is 3.09. The van der Waals surface area contributed by atoms with Gasteiger partial charge in [-0.25, -0.2) is 0 Å². The van der Waals surface area contributed by atoms with Gasteiger partial charge in [0.1, 0.15) is 0 Å². The Hall–Kier alpha value is -0.770. The molecule has 1 heterocycles. The van der Waals surface area contributed by atoms with E-state index in [0.717, 1.165) is 30.4 Å². The minimum atomic E-state index is 0.325. The number of anilines is 1. The third-order valence-electron chi connectivity index (χ3n) is 3.93. The zero-order valence-electron chi connectivity index (χ0n) is 11.9. The average Bonchev–Trinajstić information content (AvgIpc) is 2.86. The second-order valence-electron chi connectivity index (χ2n) is 5.28. The summed E-state index contributed by atoms with van der Waals surface area (Å²) in [4.78, 5) is 2.36.